The van der Waals surface area contributed by atoms with Crippen molar-refractivity contribution < 1.29 is 13.9 Å². The van der Waals surface area contributed by atoms with Crippen LogP contribution in [0.2, 0.25) is 0 Å². The number of carbonyl (C=O) groups is 1. The van der Waals surface area contributed by atoms with Crippen molar-refractivity contribution in [3.05, 3.63) is 34.6 Å². The molecule has 0 heterocycles. The summed E-state index contributed by atoms with van der Waals surface area (Å²) in [6.45, 7) is 7.43. The Morgan fingerprint density at radius 2 is 1.85 bits per heavy atom. The van der Waals surface area contributed by atoms with Gasteiger partial charge in [0.25, 0.3) is 0 Å². The Kier molecular flexibility index (Phi) is 5.28. The highest BCUT2D eigenvalue weighted by Gasteiger charge is 2.26. The summed E-state index contributed by atoms with van der Waals surface area (Å²) < 4.78 is 18.3. The van der Waals surface area contributed by atoms with E-state index in [9.17, 15) is 9.18 Å². The Morgan fingerprint density at radius 3 is 2.30 bits per heavy atom. The Bertz CT molecular complexity index is 474. The lowest BCUT2D eigenvalue weighted by Crippen LogP contribution is -2.24. The molecule has 4 heteroatoms. The number of aryl methyl sites for hydroxylation is 2. The van der Waals surface area contributed by atoms with Crippen LogP contribution in [-0.2, 0) is 9.53 Å². The van der Waals surface area contributed by atoms with Crippen LogP contribution in [-0.4, -0.2) is 13.1 Å². The maximum atomic E-state index is 13.6. The number of benzene rings is 1. The molecule has 0 aromatic heterocycles. The van der Waals surface area contributed by atoms with Crippen molar-refractivity contribution in [2.45, 2.75) is 46.6 Å². The van der Waals surface area contributed by atoms with Crippen molar-refractivity contribution in [2.24, 2.45) is 11.1 Å². The number of hydrogen-bond donors (Lipinski definition) is 1. The van der Waals surface area contributed by atoms with Gasteiger partial charge in [0.05, 0.1) is 13.5 Å². The molecular formula is C16H24FNO2. The molecule has 0 fully saturated rings. The molecule has 0 radical (unpaired) electrons. The number of esters is 1. The zero-order valence-electron chi connectivity index (χ0n) is 12.9. The lowest BCUT2D eigenvalue weighted by Gasteiger charge is -2.27. The number of carbonyl (C=O) groups excluding carboxylic acids is 1. The number of rotatable bonds is 5. The number of halogens is 1. The summed E-state index contributed by atoms with van der Waals surface area (Å²) in [5.74, 6) is -0.427. The smallest absolute Gasteiger partial charge is 0.306 e. The van der Waals surface area contributed by atoms with Gasteiger partial charge in [-0.2, -0.15) is 0 Å². The third-order valence-corrected chi connectivity index (χ3v) is 3.51. The minimum absolute atomic E-state index is 0.185. The van der Waals surface area contributed by atoms with Crippen molar-refractivity contribution >= 4 is 5.97 Å². The van der Waals surface area contributed by atoms with Gasteiger partial charge in [0.15, 0.2) is 0 Å². The number of methoxy groups -OCH3 is 1. The first-order valence-electron chi connectivity index (χ1n) is 6.75. The fourth-order valence-corrected chi connectivity index (χ4v) is 2.44. The largest absolute Gasteiger partial charge is 0.469 e. The van der Waals surface area contributed by atoms with Crippen LogP contribution in [0.15, 0.2) is 12.1 Å². The average Bonchev–Trinajstić information content (AvgIpc) is 2.33. The molecule has 112 valence electrons. The zero-order chi connectivity index (χ0) is 15.5. The molecule has 20 heavy (non-hydrogen) atoms. The summed E-state index contributed by atoms with van der Waals surface area (Å²) in [6, 6.07) is 3.33. The van der Waals surface area contributed by atoms with E-state index in [1.807, 2.05) is 13.8 Å². The van der Waals surface area contributed by atoms with Crippen LogP contribution >= 0.6 is 0 Å². The average molecular weight is 281 g/mol. The molecule has 0 saturated heterocycles. The van der Waals surface area contributed by atoms with Gasteiger partial charge in [-0.25, -0.2) is 4.39 Å². The third kappa shape index (κ3) is 4.30. The summed E-state index contributed by atoms with van der Waals surface area (Å²) >= 11 is 0. The fraction of sp³-hybridized carbons (Fsp3) is 0.562. The molecular weight excluding hydrogens is 257 g/mol. The van der Waals surface area contributed by atoms with Crippen LogP contribution in [0.25, 0.3) is 0 Å². The van der Waals surface area contributed by atoms with Crippen molar-refractivity contribution in [2.75, 3.05) is 7.11 Å². The second-order valence-electron chi connectivity index (χ2n) is 6.20. The van der Waals surface area contributed by atoms with E-state index in [0.717, 1.165) is 5.56 Å². The molecule has 0 amide bonds. The van der Waals surface area contributed by atoms with E-state index in [4.69, 9.17) is 10.5 Å². The summed E-state index contributed by atoms with van der Waals surface area (Å²) in [4.78, 5) is 11.4. The summed E-state index contributed by atoms with van der Waals surface area (Å²) in [6.07, 6.45) is 0.947. The standard InChI is InChI=1S/C16H24FNO2/c1-10-6-12(7-11(2)15(10)17)13(18)8-16(3,4)9-14(19)20-5/h6-7,13H,8-9,18H2,1-5H3. The Morgan fingerprint density at radius 1 is 1.35 bits per heavy atom. The van der Waals surface area contributed by atoms with Crippen molar-refractivity contribution in [3.63, 3.8) is 0 Å². The molecule has 0 aliphatic rings. The topological polar surface area (TPSA) is 52.3 Å². The SMILES string of the molecule is COC(=O)CC(C)(C)CC(N)c1cc(C)c(F)c(C)c1. The molecule has 2 N–H and O–H groups in total. The fourth-order valence-electron chi connectivity index (χ4n) is 2.44. The Hall–Kier alpha value is -1.42. The molecule has 3 nitrogen and oxygen atoms in total. The van der Waals surface area contributed by atoms with Crippen LogP contribution in [0.3, 0.4) is 0 Å². The highest BCUT2D eigenvalue weighted by molar-refractivity contribution is 5.69. The monoisotopic (exact) mass is 281 g/mol. The molecule has 1 aromatic carbocycles. The van der Waals surface area contributed by atoms with Crippen LogP contribution in [0.4, 0.5) is 4.39 Å². The van der Waals surface area contributed by atoms with E-state index < -0.39 is 0 Å². The predicted molar refractivity (Wildman–Crippen MR) is 77.8 cm³/mol. The van der Waals surface area contributed by atoms with Crippen molar-refractivity contribution in [1.29, 1.82) is 0 Å². The lowest BCUT2D eigenvalue weighted by atomic mass is 9.80. The van der Waals surface area contributed by atoms with Gasteiger partial charge in [-0.1, -0.05) is 26.0 Å². The molecule has 1 rings (SSSR count). The van der Waals surface area contributed by atoms with E-state index in [2.05, 4.69) is 0 Å². The van der Waals surface area contributed by atoms with E-state index in [0.29, 0.717) is 24.0 Å². The maximum Gasteiger partial charge on any atom is 0.306 e. The third-order valence-electron chi connectivity index (χ3n) is 3.51. The highest BCUT2D eigenvalue weighted by atomic mass is 19.1. The van der Waals surface area contributed by atoms with Gasteiger partial charge in [-0.05, 0) is 42.4 Å². The number of ether oxygens (including phenoxy) is 1. The number of nitrogens with two attached hydrogens (primary N) is 1. The van der Waals surface area contributed by atoms with Crippen LogP contribution in [0, 0.1) is 25.1 Å². The van der Waals surface area contributed by atoms with E-state index in [1.54, 1.807) is 26.0 Å². The van der Waals surface area contributed by atoms with E-state index >= 15 is 0 Å². The van der Waals surface area contributed by atoms with Crippen LogP contribution in [0.1, 0.15) is 49.4 Å². The molecule has 0 bridgehead atoms. The second-order valence-corrected chi connectivity index (χ2v) is 6.20. The minimum atomic E-state index is -0.261. The molecule has 0 saturated carbocycles. The van der Waals surface area contributed by atoms with Crippen LogP contribution in [0.5, 0.6) is 0 Å². The lowest BCUT2D eigenvalue weighted by molar-refractivity contribution is -0.143. The quantitative estimate of drug-likeness (QED) is 0.841. The second kappa shape index (κ2) is 6.35. The van der Waals surface area contributed by atoms with Gasteiger partial charge in [-0.3, -0.25) is 4.79 Å². The van der Waals surface area contributed by atoms with Crippen molar-refractivity contribution in [3.8, 4) is 0 Å². The normalized spacial score (nSPS) is 13.2. The first-order valence-corrected chi connectivity index (χ1v) is 6.75. The maximum absolute atomic E-state index is 13.6. The first-order chi connectivity index (χ1) is 9.16. The highest BCUT2D eigenvalue weighted by Crippen LogP contribution is 2.33. The van der Waals surface area contributed by atoms with Gasteiger partial charge in [0, 0.05) is 6.04 Å². The molecule has 0 aliphatic heterocycles. The van der Waals surface area contributed by atoms with Gasteiger partial charge >= 0.3 is 5.97 Å². The molecule has 1 unspecified atom stereocenters. The predicted octanol–water partition coefficient (Wildman–Crippen LogP) is 3.42. The van der Waals surface area contributed by atoms with Crippen molar-refractivity contribution in [1.82, 2.24) is 0 Å². The Labute approximate surface area is 120 Å². The zero-order valence-corrected chi connectivity index (χ0v) is 12.9. The molecule has 0 spiro atoms. The van der Waals surface area contributed by atoms with Gasteiger partial charge < -0.3 is 10.5 Å². The minimum Gasteiger partial charge on any atom is -0.469 e. The molecule has 1 atom stereocenters. The van der Waals surface area contributed by atoms with Gasteiger partial charge in [-0.15, -0.1) is 0 Å². The van der Waals surface area contributed by atoms with E-state index in [1.165, 1.54) is 7.11 Å². The molecule has 1 aromatic rings. The number of hydrogen-bond acceptors (Lipinski definition) is 3. The summed E-state index contributed by atoms with van der Waals surface area (Å²) in [5.41, 5.74) is 8.05. The molecule has 0 aliphatic carbocycles. The Balaban J connectivity index is 2.85. The van der Waals surface area contributed by atoms with E-state index in [-0.39, 0.29) is 23.2 Å². The summed E-state index contributed by atoms with van der Waals surface area (Å²) in [7, 11) is 1.38. The van der Waals surface area contributed by atoms with Gasteiger partial charge in [0.1, 0.15) is 5.82 Å². The van der Waals surface area contributed by atoms with Crippen LogP contribution < -0.4 is 5.73 Å². The van der Waals surface area contributed by atoms with Gasteiger partial charge in [0.2, 0.25) is 0 Å². The summed E-state index contributed by atoms with van der Waals surface area (Å²) in [5, 5.41) is 0. The first kappa shape index (κ1) is 16.6.